The molecule has 0 N–H and O–H groups in total. The molecule has 0 bridgehead atoms. The van der Waals surface area contributed by atoms with Crippen LogP contribution >= 0.6 is 23.4 Å². The summed E-state index contributed by atoms with van der Waals surface area (Å²) in [4.78, 5) is 27.4. The van der Waals surface area contributed by atoms with Crippen molar-refractivity contribution in [3.63, 3.8) is 0 Å². The van der Waals surface area contributed by atoms with Gasteiger partial charge < -0.3 is 4.74 Å². The third-order valence-electron chi connectivity index (χ3n) is 3.86. The Morgan fingerprint density at radius 3 is 2.36 bits per heavy atom. The van der Waals surface area contributed by atoms with Gasteiger partial charge in [-0.2, -0.15) is 0 Å². The van der Waals surface area contributed by atoms with Gasteiger partial charge in [-0.3, -0.25) is 14.5 Å². The summed E-state index contributed by atoms with van der Waals surface area (Å²) >= 11 is 7.35. The summed E-state index contributed by atoms with van der Waals surface area (Å²) in [5, 5.41) is 0.604. The number of carbonyl (C=O) groups excluding carboxylic acids is 2. The number of halogens is 1. The number of amides is 2. The zero-order chi connectivity index (χ0) is 18.2. The van der Waals surface area contributed by atoms with Gasteiger partial charge in [-0.15, -0.1) is 11.8 Å². The molecule has 0 fully saturated rings. The molecule has 2 amide bonds. The van der Waals surface area contributed by atoms with E-state index in [1.54, 1.807) is 24.3 Å². The van der Waals surface area contributed by atoms with Crippen molar-refractivity contribution in [2.24, 2.45) is 0 Å². The summed E-state index contributed by atoms with van der Waals surface area (Å²) in [6.45, 7) is 5.75. The molecule has 0 aliphatic carbocycles. The van der Waals surface area contributed by atoms with E-state index in [2.05, 4.69) is 6.92 Å². The molecule has 25 heavy (non-hydrogen) atoms. The van der Waals surface area contributed by atoms with Gasteiger partial charge in [0.15, 0.2) is 0 Å². The zero-order valence-corrected chi connectivity index (χ0v) is 16.3. The van der Waals surface area contributed by atoms with Crippen molar-refractivity contribution in [3.05, 3.63) is 39.8 Å². The number of carbonyl (C=O) groups is 2. The van der Waals surface area contributed by atoms with E-state index >= 15 is 0 Å². The Morgan fingerprint density at radius 1 is 1.04 bits per heavy atom. The van der Waals surface area contributed by atoms with Gasteiger partial charge in [0.1, 0.15) is 0 Å². The molecule has 136 valence electrons. The summed E-state index contributed by atoms with van der Waals surface area (Å²) in [6.07, 6.45) is 2.77. The Kier molecular flexibility index (Phi) is 8.00. The highest BCUT2D eigenvalue weighted by atomic mass is 35.5. The van der Waals surface area contributed by atoms with Gasteiger partial charge in [-0.1, -0.05) is 44.0 Å². The molecule has 1 aromatic rings. The predicted octanol–water partition coefficient (Wildman–Crippen LogP) is 4.38. The fourth-order valence-electron chi connectivity index (χ4n) is 2.58. The number of hydrogen-bond donors (Lipinski definition) is 0. The second-order valence-electron chi connectivity index (χ2n) is 5.73. The number of unbranched alkanes of at least 4 members (excludes halogenated alkanes) is 1. The van der Waals surface area contributed by atoms with E-state index < -0.39 is 0 Å². The minimum absolute atomic E-state index is 0.199. The standard InChI is InChI=1S/C19H24ClNO3S/c1-3-5-12-24-13-6-11-21-18(22)16(17(19(21)23)25-4-2)14-7-9-15(20)10-8-14/h7-10H,3-6,11-13H2,1-2H3. The van der Waals surface area contributed by atoms with Gasteiger partial charge in [0.2, 0.25) is 0 Å². The monoisotopic (exact) mass is 381 g/mol. The van der Waals surface area contributed by atoms with Crippen LogP contribution in [0.2, 0.25) is 5.02 Å². The van der Waals surface area contributed by atoms with Crippen molar-refractivity contribution in [1.82, 2.24) is 4.90 Å². The van der Waals surface area contributed by atoms with E-state index in [9.17, 15) is 9.59 Å². The van der Waals surface area contributed by atoms with E-state index in [0.717, 1.165) is 30.8 Å². The zero-order valence-electron chi connectivity index (χ0n) is 14.7. The lowest BCUT2D eigenvalue weighted by Crippen LogP contribution is -2.33. The highest BCUT2D eigenvalue weighted by molar-refractivity contribution is 8.04. The van der Waals surface area contributed by atoms with E-state index in [1.807, 2.05) is 6.92 Å². The van der Waals surface area contributed by atoms with Crippen LogP contribution in [-0.2, 0) is 14.3 Å². The summed E-state index contributed by atoms with van der Waals surface area (Å²) in [6, 6.07) is 7.05. The van der Waals surface area contributed by atoms with Crippen LogP contribution in [0.5, 0.6) is 0 Å². The largest absolute Gasteiger partial charge is 0.381 e. The average Bonchev–Trinajstić information content (AvgIpc) is 2.83. The van der Waals surface area contributed by atoms with Crippen molar-refractivity contribution in [2.75, 3.05) is 25.5 Å². The van der Waals surface area contributed by atoms with Crippen LogP contribution < -0.4 is 0 Å². The molecule has 0 atom stereocenters. The molecule has 6 heteroatoms. The number of benzene rings is 1. The highest BCUT2D eigenvalue weighted by Crippen LogP contribution is 2.36. The fourth-order valence-corrected chi connectivity index (χ4v) is 3.58. The van der Waals surface area contributed by atoms with Gasteiger partial charge >= 0.3 is 0 Å². The number of ether oxygens (including phenoxy) is 1. The SMILES string of the molecule is CCCCOCCCN1C(=O)C(SCC)=C(c2ccc(Cl)cc2)C1=O. The molecular weight excluding hydrogens is 358 g/mol. The third-order valence-corrected chi connectivity index (χ3v) is 5.07. The smallest absolute Gasteiger partial charge is 0.267 e. The molecule has 0 saturated heterocycles. The number of thioether (sulfide) groups is 1. The number of nitrogens with zero attached hydrogens (tertiary/aromatic N) is 1. The Bertz CT molecular complexity index is 643. The molecule has 1 aliphatic heterocycles. The molecule has 0 spiro atoms. The molecule has 1 aliphatic rings. The van der Waals surface area contributed by atoms with E-state index in [0.29, 0.717) is 35.1 Å². The second-order valence-corrected chi connectivity index (χ2v) is 7.44. The third kappa shape index (κ3) is 5.09. The Morgan fingerprint density at radius 2 is 1.72 bits per heavy atom. The van der Waals surface area contributed by atoms with Crippen LogP contribution in [0, 0.1) is 0 Å². The number of hydrogen-bond acceptors (Lipinski definition) is 4. The van der Waals surface area contributed by atoms with Crippen LogP contribution in [0.25, 0.3) is 5.57 Å². The Labute approximate surface area is 158 Å². The molecule has 1 heterocycles. The normalized spacial score (nSPS) is 14.8. The molecule has 0 saturated carbocycles. The first-order valence-electron chi connectivity index (χ1n) is 8.67. The first-order chi connectivity index (χ1) is 12.1. The van der Waals surface area contributed by atoms with Gasteiger partial charge in [-0.25, -0.2) is 0 Å². The maximum atomic E-state index is 12.8. The lowest BCUT2D eigenvalue weighted by atomic mass is 10.1. The summed E-state index contributed by atoms with van der Waals surface area (Å²) in [5.74, 6) is 0.312. The second kappa shape index (κ2) is 10.00. The van der Waals surface area contributed by atoms with Crippen molar-refractivity contribution in [2.45, 2.75) is 33.1 Å². The van der Waals surface area contributed by atoms with Gasteiger partial charge in [0, 0.05) is 24.8 Å². The van der Waals surface area contributed by atoms with Crippen LogP contribution in [0.4, 0.5) is 0 Å². The average molecular weight is 382 g/mol. The molecule has 4 nitrogen and oxygen atoms in total. The highest BCUT2D eigenvalue weighted by Gasteiger charge is 2.38. The first kappa shape index (κ1) is 20.0. The predicted molar refractivity (Wildman–Crippen MR) is 104 cm³/mol. The van der Waals surface area contributed by atoms with Crippen molar-refractivity contribution in [1.29, 1.82) is 0 Å². The van der Waals surface area contributed by atoms with E-state index in [1.165, 1.54) is 16.7 Å². The minimum Gasteiger partial charge on any atom is -0.381 e. The summed E-state index contributed by atoms with van der Waals surface area (Å²) in [5.41, 5.74) is 1.22. The van der Waals surface area contributed by atoms with E-state index in [4.69, 9.17) is 16.3 Å². The van der Waals surface area contributed by atoms with Crippen molar-refractivity contribution < 1.29 is 14.3 Å². The molecule has 0 unspecified atom stereocenters. The topological polar surface area (TPSA) is 46.6 Å². The molecule has 0 radical (unpaired) electrons. The Hall–Kier alpha value is -1.30. The molecule has 1 aromatic carbocycles. The van der Waals surface area contributed by atoms with Crippen molar-refractivity contribution >= 4 is 40.8 Å². The quantitative estimate of drug-likeness (QED) is 0.445. The number of imide groups is 1. The number of rotatable bonds is 10. The van der Waals surface area contributed by atoms with Crippen LogP contribution in [-0.4, -0.2) is 42.2 Å². The van der Waals surface area contributed by atoms with Gasteiger partial charge in [-0.05, 0) is 36.3 Å². The molecular formula is C19H24ClNO3S. The lowest BCUT2D eigenvalue weighted by molar-refractivity contribution is -0.136. The van der Waals surface area contributed by atoms with Crippen LogP contribution in [0.15, 0.2) is 29.2 Å². The van der Waals surface area contributed by atoms with Crippen LogP contribution in [0.3, 0.4) is 0 Å². The minimum atomic E-state index is -0.225. The van der Waals surface area contributed by atoms with Crippen molar-refractivity contribution in [3.8, 4) is 0 Å². The fraction of sp³-hybridized carbons (Fsp3) is 0.474. The molecule has 2 rings (SSSR count). The summed E-state index contributed by atoms with van der Waals surface area (Å²) < 4.78 is 5.52. The summed E-state index contributed by atoms with van der Waals surface area (Å²) in [7, 11) is 0. The van der Waals surface area contributed by atoms with E-state index in [-0.39, 0.29) is 11.8 Å². The maximum Gasteiger partial charge on any atom is 0.267 e. The van der Waals surface area contributed by atoms with Gasteiger partial charge in [0.05, 0.1) is 10.5 Å². The van der Waals surface area contributed by atoms with Gasteiger partial charge in [0.25, 0.3) is 11.8 Å². The van der Waals surface area contributed by atoms with Crippen LogP contribution in [0.1, 0.15) is 38.7 Å². The maximum absolute atomic E-state index is 12.8. The molecule has 0 aromatic heterocycles. The first-order valence-corrected chi connectivity index (χ1v) is 10.0. The lowest BCUT2D eigenvalue weighted by Gasteiger charge is -2.15. The Balaban J connectivity index is 2.08.